The van der Waals surface area contributed by atoms with Crippen LogP contribution in [-0.2, 0) is 10.0 Å². The summed E-state index contributed by atoms with van der Waals surface area (Å²) in [4.78, 5) is 12.1. The van der Waals surface area contributed by atoms with Crippen LogP contribution in [0.5, 0.6) is 0 Å². The molecule has 0 aliphatic rings. The van der Waals surface area contributed by atoms with Crippen molar-refractivity contribution in [3.05, 3.63) is 81.8 Å². The molecule has 11 heteroatoms. The number of hydrogen-bond donors (Lipinski definition) is 1. The Morgan fingerprint density at radius 3 is 2.44 bits per heavy atom. The third-order valence-corrected chi connectivity index (χ3v) is 5.75. The second-order valence-corrected chi connectivity index (χ2v) is 9.45. The number of nitrogens with one attached hydrogen (secondary N) is 1. The molecule has 0 atom stereocenters. The van der Waals surface area contributed by atoms with E-state index < -0.39 is 33.1 Å². The summed E-state index contributed by atoms with van der Waals surface area (Å²) in [7, 11) is -3.90. The van der Waals surface area contributed by atoms with Crippen molar-refractivity contribution >= 4 is 50.0 Å². The van der Waals surface area contributed by atoms with Gasteiger partial charge in [0.15, 0.2) is 0 Å². The highest BCUT2D eigenvalue weighted by molar-refractivity contribution is 7.89. The largest absolute Gasteiger partial charge is 0.268 e. The molecular weight excluding hydrogens is 483 g/mol. The lowest BCUT2D eigenvalue weighted by atomic mass is 10.1. The van der Waals surface area contributed by atoms with Gasteiger partial charge in [-0.15, -0.1) is 0 Å². The number of nitrogens with zero attached hydrogens (tertiary/aromatic N) is 2. The fourth-order valence-corrected chi connectivity index (χ4v) is 4.14. The van der Waals surface area contributed by atoms with Crippen molar-refractivity contribution in [2.24, 2.45) is 0 Å². The summed E-state index contributed by atoms with van der Waals surface area (Å²) in [6.07, 6.45) is 0.768. The van der Waals surface area contributed by atoms with Crippen molar-refractivity contribution in [1.82, 2.24) is 14.5 Å². The zero-order valence-corrected chi connectivity index (χ0v) is 18.6. The highest BCUT2D eigenvalue weighted by Gasteiger charge is 2.22. The molecular formula is C21H13Cl2F2N3O3S. The number of hydrogen-bond acceptors (Lipinski definition) is 4. The molecule has 0 unspecified atom stereocenters. The number of sulfonamides is 1. The number of amides is 1. The SMILES string of the molecule is CS(=O)(=O)NC(=O)c1cc(Cl)c(-n2nc(-c3ccccc3Cl)c3cc(F)ccc32)cc1F. The Kier molecular flexibility index (Phi) is 5.66. The lowest BCUT2D eigenvalue weighted by Crippen LogP contribution is -2.30. The first-order valence-corrected chi connectivity index (χ1v) is 11.6. The maximum absolute atomic E-state index is 14.8. The second kappa shape index (κ2) is 8.16. The van der Waals surface area contributed by atoms with Gasteiger partial charge in [-0.25, -0.2) is 26.6 Å². The Morgan fingerprint density at radius 1 is 1.03 bits per heavy atom. The van der Waals surface area contributed by atoms with E-state index in [2.05, 4.69) is 5.10 Å². The molecule has 4 rings (SSSR count). The van der Waals surface area contributed by atoms with E-state index >= 15 is 0 Å². The van der Waals surface area contributed by atoms with Crippen LogP contribution in [0.1, 0.15) is 10.4 Å². The van der Waals surface area contributed by atoms with Gasteiger partial charge in [0.25, 0.3) is 5.91 Å². The molecule has 32 heavy (non-hydrogen) atoms. The number of halogens is 4. The first-order chi connectivity index (χ1) is 15.0. The van der Waals surface area contributed by atoms with Gasteiger partial charge in [-0.3, -0.25) is 4.79 Å². The monoisotopic (exact) mass is 495 g/mol. The summed E-state index contributed by atoms with van der Waals surface area (Å²) in [6, 6.07) is 12.7. The lowest BCUT2D eigenvalue weighted by Gasteiger charge is -2.10. The van der Waals surface area contributed by atoms with E-state index in [1.807, 2.05) is 0 Å². The highest BCUT2D eigenvalue weighted by atomic mass is 35.5. The van der Waals surface area contributed by atoms with Crippen LogP contribution < -0.4 is 4.72 Å². The fourth-order valence-electron chi connectivity index (χ4n) is 3.22. The number of carbonyl (C=O) groups excluding carboxylic acids is 1. The smallest absolute Gasteiger partial charge is 0.267 e. The van der Waals surface area contributed by atoms with Gasteiger partial charge in [-0.1, -0.05) is 41.4 Å². The minimum atomic E-state index is -3.90. The molecule has 0 saturated heterocycles. The van der Waals surface area contributed by atoms with Crippen LogP contribution in [0.3, 0.4) is 0 Å². The van der Waals surface area contributed by atoms with Crippen LogP contribution in [-0.4, -0.2) is 30.4 Å². The van der Waals surface area contributed by atoms with E-state index in [4.69, 9.17) is 23.2 Å². The minimum Gasteiger partial charge on any atom is -0.268 e. The zero-order chi connectivity index (χ0) is 23.2. The third kappa shape index (κ3) is 4.19. The van der Waals surface area contributed by atoms with Gasteiger partial charge in [-0.2, -0.15) is 5.10 Å². The van der Waals surface area contributed by atoms with Gasteiger partial charge in [0, 0.05) is 17.0 Å². The topological polar surface area (TPSA) is 81.1 Å². The molecule has 1 N–H and O–H groups in total. The van der Waals surface area contributed by atoms with E-state index in [-0.39, 0.29) is 10.7 Å². The molecule has 0 aliphatic heterocycles. The van der Waals surface area contributed by atoms with Crippen molar-refractivity contribution in [2.45, 2.75) is 0 Å². The molecule has 3 aromatic carbocycles. The summed E-state index contributed by atoms with van der Waals surface area (Å²) < 4.78 is 54.4. The minimum absolute atomic E-state index is 0.0648. The molecule has 1 amide bonds. The first-order valence-electron chi connectivity index (χ1n) is 9.00. The Balaban J connectivity index is 1.92. The molecule has 0 bridgehead atoms. The number of rotatable bonds is 4. The van der Waals surface area contributed by atoms with Gasteiger partial charge in [-0.05, 0) is 30.3 Å². The Bertz CT molecular complexity index is 1500. The molecule has 0 radical (unpaired) electrons. The maximum atomic E-state index is 14.8. The second-order valence-electron chi connectivity index (χ2n) is 6.89. The molecule has 0 spiro atoms. The molecule has 0 fully saturated rings. The Morgan fingerprint density at radius 2 is 1.75 bits per heavy atom. The summed E-state index contributed by atoms with van der Waals surface area (Å²) in [5.41, 5.74) is 0.800. The highest BCUT2D eigenvalue weighted by Crippen LogP contribution is 2.36. The van der Waals surface area contributed by atoms with E-state index in [0.717, 1.165) is 18.4 Å². The number of fused-ring (bicyclic) bond motifs is 1. The molecule has 6 nitrogen and oxygen atoms in total. The summed E-state index contributed by atoms with van der Waals surface area (Å²) in [6.45, 7) is 0. The van der Waals surface area contributed by atoms with E-state index in [1.165, 1.54) is 22.9 Å². The Hall–Kier alpha value is -3.01. The average Bonchev–Trinajstić information content (AvgIpc) is 3.06. The quantitative estimate of drug-likeness (QED) is 0.433. The summed E-state index contributed by atoms with van der Waals surface area (Å²) in [5.74, 6) is -2.69. The van der Waals surface area contributed by atoms with Crippen LogP contribution in [0.25, 0.3) is 27.8 Å². The number of carbonyl (C=O) groups is 1. The maximum Gasteiger partial charge on any atom is 0.267 e. The fraction of sp³-hybridized carbons (Fsp3) is 0.0476. The number of benzene rings is 3. The van der Waals surface area contributed by atoms with E-state index in [9.17, 15) is 22.0 Å². The molecule has 0 aliphatic carbocycles. The normalized spacial score (nSPS) is 11.7. The Labute approximate surface area is 191 Å². The van der Waals surface area contributed by atoms with Crippen LogP contribution in [0.4, 0.5) is 8.78 Å². The van der Waals surface area contributed by atoms with Crippen LogP contribution in [0.2, 0.25) is 10.0 Å². The number of aromatic nitrogens is 2. The van der Waals surface area contributed by atoms with Crippen molar-refractivity contribution in [1.29, 1.82) is 0 Å². The molecule has 164 valence electrons. The van der Waals surface area contributed by atoms with Crippen molar-refractivity contribution < 1.29 is 22.0 Å². The molecule has 4 aromatic rings. The van der Waals surface area contributed by atoms with Gasteiger partial charge in [0.05, 0.1) is 33.1 Å². The lowest BCUT2D eigenvalue weighted by molar-refractivity contribution is 0.0978. The molecule has 1 heterocycles. The van der Waals surface area contributed by atoms with E-state index in [1.54, 1.807) is 29.0 Å². The van der Waals surface area contributed by atoms with Gasteiger partial charge < -0.3 is 0 Å². The van der Waals surface area contributed by atoms with Crippen LogP contribution in [0.15, 0.2) is 54.6 Å². The van der Waals surface area contributed by atoms with Crippen LogP contribution >= 0.6 is 23.2 Å². The van der Waals surface area contributed by atoms with E-state index in [0.29, 0.717) is 27.2 Å². The standard InChI is InChI=1S/C21H13Cl2F2N3O3S/c1-32(30,31)27-21(29)13-9-16(23)19(10-17(13)25)28-18-7-6-11(24)8-14(18)20(26-28)12-4-2-3-5-15(12)22/h2-10H,1H3,(H,27,29). The van der Waals surface area contributed by atoms with Gasteiger partial charge >= 0.3 is 0 Å². The first kappa shape index (κ1) is 22.2. The summed E-state index contributed by atoms with van der Waals surface area (Å²) >= 11 is 12.6. The predicted molar refractivity (Wildman–Crippen MR) is 119 cm³/mol. The van der Waals surface area contributed by atoms with Crippen LogP contribution in [0, 0.1) is 11.6 Å². The zero-order valence-electron chi connectivity index (χ0n) is 16.2. The van der Waals surface area contributed by atoms with Crippen molar-refractivity contribution in [3.63, 3.8) is 0 Å². The van der Waals surface area contributed by atoms with Crippen molar-refractivity contribution in [3.8, 4) is 16.9 Å². The molecule has 0 saturated carbocycles. The van der Waals surface area contributed by atoms with Gasteiger partial charge in [0.1, 0.15) is 17.3 Å². The summed E-state index contributed by atoms with van der Waals surface area (Å²) in [5, 5.41) is 5.20. The van der Waals surface area contributed by atoms with Gasteiger partial charge in [0.2, 0.25) is 10.0 Å². The molecule has 1 aromatic heterocycles. The predicted octanol–water partition coefficient (Wildman–Crippen LogP) is 4.97. The van der Waals surface area contributed by atoms with Crippen molar-refractivity contribution in [2.75, 3.05) is 6.26 Å². The third-order valence-electron chi connectivity index (χ3n) is 4.56. The average molecular weight is 496 g/mol.